The maximum Gasteiger partial charge on any atom is 0.179 e. The van der Waals surface area contributed by atoms with Gasteiger partial charge < -0.3 is 14.8 Å². The summed E-state index contributed by atoms with van der Waals surface area (Å²) in [6, 6.07) is 9.59. The lowest BCUT2D eigenvalue weighted by atomic mass is 10.2. The third kappa shape index (κ3) is 5.32. The fraction of sp³-hybridized carbons (Fsp3) is 0.389. The third-order valence-electron chi connectivity index (χ3n) is 3.42. The molecule has 0 aliphatic heterocycles. The summed E-state index contributed by atoms with van der Waals surface area (Å²) in [6.45, 7) is 3.43. The van der Waals surface area contributed by atoms with Gasteiger partial charge in [-0.25, -0.2) is 4.98 Å². The number of anilines is 1. The number of aromatic nitrogens is 1. The first kappa shape index (κ1) is 17.4. The minimum atomic E-state index is 0.568. The number of unbranched alkanes of at least 4 members (excludes halogenated alkanes) is 2. The number of benzene rings is 1. The van der Waals surface area contributed by atoms with E-state index in [9.17, 15) is 0 Å². The Labute approximate surface area is 142 Å². The Morgan fingerprint density at radius 3 is 2.78 bits per heavy atom. The molecule has 0 spiro atoms. The average Bonchev–Trinajstić information content (AvgIpc) is 2.58. The standard InChI is InChI=1S/C18H23ClN2O2/c1-3-4-7-10-23-18-15(19)11-14(12-16(18)22-2)13-21-17-8-5-6-9-20-17/h5-6,8-9,11-12H,3-4,7,10,13H2,1-2H3,(H,20,21). The summed E-state index contributed by atoms with van der Waals surface area (Å²) in [4.78, 5) is 4.23. The van der Waals surface area contributed by atoms with Gasteiger partial charge in [-0.3, -0.25) is 0 Å². The van der Waals surface area contributed by atoms with Crippen LogP contribution < -0.4 is 14.8 Å². The van der Waals surface area contributed by atoms with E-state index in [2.05, 4.69) is 17.2 Å². The molecule has 0 aliphatic carbocycles. The zero-order valence-electron chi connectivity index (χ0n) is 13.6. The zero-order chi connectivity index (χ0) is 16.5. The molecule has 0 saturated heterocycles. The topological polar surface area (TPSA) is 43.4 Å². The molecule has 0 unspecified atom stereocenters. The van der Waals surface area contributed by atoms with Crippen molar-refractivity contribution in [2.75, 3.05) is 19.0 Å². The van der Waals surface area contributed by atoms with Crippen molar-refractivity contribution in [3.63, 3.8) is 0 Å². The maximum atomic E-state index is 6.36. The van der Waals surface area contributed by atoms with Crippen LogP contribution in [0, 0.1) is 0 Å². The Hall–Kier alpha value is -1.94. The quantitative estimate of drug-likeness (QED) is 0.661. The summed E-state index contributed by atoms with van der Waals surface area (Å²) in [7, 11) is 1.63. The Kier molecular flexibility index (Phi) is 7.01. The van der Waals surface area contributed by atoms with Crippen molar-refractivity contribution in [2.45, 2.75) is 32.7 Å². The molecular weight excluding hydrogens is 312 g/mol. The molecule has 0 saturated carbocycles. The van der Waals surface area contributed by atoms with Crippen molar-refractivity contribution in [3.8, 4) is 11.5 Å². The van der Waals surface area contributed by atoms with Gasteiger partial charge in [-0.15, -0.1) is 0 Å². The second-order valence-corrected chi connectivity index (χ2v) is 5.64. The van der Waals surface area contributed by atoms with Crippen molar-refractivity contribution in [1.82, 2.24) is 4.98 Å². The summed E-state index contributed by atoms with van der Waals surface area (Å²) < 4.78 is 11.2. The highest BCUT2D eigenvalue weighted by Crippen LogP contribution is 2.36. The van der Waals surface area contributed by atoms with E-state index in [4.69, 9.17) is 21.1 Å². The largest absolute Gasteiger partial charge is 0.493 e. The van der Waals surface area contributed by atoms with Gasteiger partial charge in [-0.1, -0.05) is 37.4 Å². The van der Waals surface area contributed by atoms with E-state index in [1.54, 1.807) is 13.3 Å². The third-order valence-corrected chi connectivity index (χ3v) is 3.70. The summed E-state index contributed by atoms with van der Waals surface area (Å²) in [5.41, 5.74) is 1.01. The van der Waals surface area contributed by atoms with E-state index in [0.29, 0.717) is 29.7 Å². The molecule has 1 N–H and O–H groups in total. The van der Waals surface area contributed by atoms with Gasteiger partial charge in [-0.2, -0.15) is 0 Å². The van der Waals surface area contributed by atoms with E-state index in [1.165, 1.54) is 0 Å². The molecule has 0 amide bonds. The van der Waals surface area contributed by atoms with Crippen LogP contribution >= 0.6 is 11.6 Å². The van der Waals surface area contributed by atoms with Gasteiger partial charge in [0.15, 0.2) is 11.5 Å². The SMILES string of the molecule is CCCCCOc1c(Cl)cc(CNc2ccccn2)cc1OC. The van der Waals surface area contributed by atoms with E-state index < -0.39 is 0 Å². The van der Waals surface area contributed by atoms with Crippen LogP contribution in [0.2, 0.25) is 5.02 Å². The Balaban J connectivity index is 2.03. The normalized spacial score (nSPS) is 10.4. The van der Waals surface area contributed by atoms with Gasteiger partial charge in [0.1, 0.15) is 5.82 Å². The number of halogens is 1. The van der Waals surface area contributed by atoms with Crippen LogP contribution in [-0.4, -0.2) is 18.7 Å². The predicted molar refractivity (Wildman–Crippen MR) is 94.6 cm³/mol. The summed E-state index contributed by atoms with van der Waals surface area (Å²) in [6.07, 6.45) is 5.07. The van der Waals surface area contributed by atoms with Crippen molar-refractivity contribution < 1.29 is 9.47 Å². The number of hydrogen-bond donors (Lipinski definition) is 1. The summed E-state index contributed by atoms with van der Waals surface area (Å²) in [5.74, 6) is 2.10. The molecule has 1 aromatic heterocycles. The van der Waals surface area contributed by atoms with Crippen LogP contribution in [-0.2, 0) is 6.54 Å². The second kappa shape index (κ2) is 9.26. The highest BCUT2D eigenvalue weighted by atomic mass is 35.5. The van der Waals surface area contributed by atoms with Gasteiger partial charge >= 0.3 is 0 Å². The molecule has 0 aliphatic rings. The first-order valence-corrected chi connectivity index (χ1v) is 8.26. The fourth-order valence-corrected chi connectivity index (χ4v) is 2.49. The molecule has 0 atom stereocenters. The van der Waals surface area contributed by atoms with E-state index in [-0.39, 0.29) is 0 Å². The van der Waals surface area contributed by atoms with Crippen LogP contribution in [0.1, 0.15) is 31.7 Å². The molecule has 4 nitrogen and oxygen atoms in total. The lowest BCUT2D eigenvalue weighted by Gasteiger charge is -2.14. The molecule has 0 bridgehead atoms. The molecular formula is C18H23ClN2O2. The van der Waals surface area contributed by atoms with Crippen LogP contribution in [0.15, 0.2) is 36.5 Å². The summed E-state index contributed by atoms with van der Waals surface area (Å²) in [5, 5.41) is 3.82. The Morgan fingerprint density at radius 2 is 2.09 bits per heavy atom. The van der Waals surface area contributed by atoms with Crippen molar-refractivity contribution >= 4 is 17.4 Å². The molecule has 1 aromatic carbocycles. The first-order valence-electron chi connectivity index (χ1n) is 7.88. The molecule has 124 valence electrons. The smallest absolute Gasteiger partial charge is 0.179 e. The minimum absolute atomic E-state index is 0.568. The molecule has 1 heterocycles. The highest BCUT2D eigenvalue weighted by Gasteiger charge is 2.12. The van der Waals surface area contributed by atoms with Gasteiger partial charge in [0, 0.05) is 12.7 Å². The highest BCUT2D eigenvalue weighted by molar-refractivity contribution is 6.32. The molecule has 0 fully saturated rings. The molecule has 2 aromatic rings. The van der Waals surface area contributed by atoms with Gasteiger partial charge in [0.05, 0.1) is 18.7 Å². The van der Waals surface area contributed by atoms with Gasteiger partial charge in [0.2, 0.25) is 0 Å². The van der Waals surface area contributed by atoms with Crippen LogP contribution in [0.3, 0.4) is 0 Å². The summed E-state index contributed by atoms with van der Waals surface area (Å²) >= 11 is 6.36. The van der Waals surface area contributed by atoms with Crippen molar-refractivity contribution in [2.24, 2.45) is 0 Å². The van der Waals surface area contributed by atoms with Gasteiger partial charge in [-0.05, 0) is 36.2 Å². The van der Waals surface area contributed by atoms with E-state index in [0.717, 1.165) is 30.6 Å². The molecule has 0 radical (unpaired) electrons. The maximum absolute atomic E-state index is 6.36. The Bertz CT molecular complexity index is 605. The van der Waals surface area contributed by atoms with Crippen molar-refractivity contribution in [1.29, 1.82) is 0 Å². The molecule has 23 heavy (non-hydrogen) atoms. The molecule has 5 heteroatoms. The number of nitrogens with one attached hydrogen (secondary N) is 1. The lowest BCUT2D eigenvalue weighted by molar-refractivity contribution is 0.286. The van der Waals surface area contributed by atoms with Crippen LogP contribution in [0.25, 0.3) is 0 Å². The zero-order valence-corrected chi connectivity index (χ0v) is 14.4. The monoisotopic (exact) mass is 334 g/mol. The number of nitrogens with zero attached hydrogens (tertiary/aromatic N) is 1. The number of pyridine rings is 1. The van der Waals surface area contributed by atoms with Gasteiger partial charge in [0.25, 0.3) is 0 Å². The Morgan fingerprint density at radius 1 is 1.22 bits per heavy atom. The minimum Gasteiger partial charge on any atom is -0.493 e. The van der Waals surface area contributed by atoms with Crippen LogP contribution in [0.4, 0.5) is 5.82 Å². The number of ether oxygens (including phenoxy) is 2. The second-order valence-electron chi connectivity index (χ2n) is 5.23. The van der Waals surface area contributed by atoms with E-state index >= 15 is 0 Å². The predicted octanol–water partition coefficient (Wildman–Crippen LogP) is 4.92. The number of hydrogen-bond acceptors (Lipinski definition) is 4. The fourth-order valence-electron chi connectivity index (χ4n) is 2.20. The lowest BCUT2D eigenvalue weighted by Crippen LogP contribution is -2.04. The number of rotatable bonds is 9. The average molecular weight is 335 g/mol. The van der Waals surface area contributed by atoms with Crippen molar-refractivity contribution in [3.05, 3.63) is 47.1 Å². The molecule has 2 rings (SSSR count). The number of methoxy groups -OCH3 is 1. The van der Waals surface area contributed by atoms with E-state index in [1.807, 2.05) is 30.3 Å². The van der Waals surface area contributed by atoms with Crippen LogP contribution in [0.5, 0.6) is 11.5 Å². The first-order chi connectivity index (χ1) is 11.2.